The number of benzene rings is 3. The minimum absolute atomic E-state index is 0.207. The Morgan fingerprint density at radius 1 is 0.867 bits per heavy atom. The van der Waals surface area contributed by atoms with Crippen molar-refractivity contribution in [2.75, 3.05) is 21.2 Å². The summed E-state index contributed by atoms with van der Waals surface area (Å²) in [6, 6.07) is 28.4. The van der Waals surface area contributed by atoms with E-state index in [1.165, 1.54) is 0 Å². The summed E-state index contributed by atoms with van der Waals surface area (Å²) in [5.74, 6) is 1.00. The molecule has 0 heterocycles. The molecule has 1 atom stereocenters. The Bertz CT molecular complexity index is 894. The maximum atomic E-state index is 14.1. The summed E-state index contributed by atoms with van der Waals surface area (Å²) in [7, 11) is 5.79. The average molecular weight is 402 g/mol. The summed E-state index contributed by atoms with van der Waals surface area (Å²) in [5.41, 5.74) is 2.37. The zero-order chi connectivity index (χ0) is 21.6. The zero-order valence-corrected chi connectivity index (χ0v) is 18.3. The van der Waals surface area contributed by atoms with Gasteiger partial charge >= 0.3 is 0 Å². The number of hydrogen-bond donors (Lipinski definition) is 0. The molecule has 0 saturated heterocycles. The Morgan fingerprint density at radius 3 is 1.80 bits per heavy atom. The number of carbonyl (C=O) groups excluding carboxylic acids is 1. The van der Waals surface area contributed by atoms with E-state index in [-0.39, 0.29) is 11.8 Å². The van der Waals surface area contributed by atoms with E-state index < -0.39 is 5.41 Å². The van der Waals surface area contributed by atoms with Crippen LogP contribution in [0.1, 0.15) is 30.0 Å². The van der Waals surface area contributed by atoms with Crippen molar-refractivity contribution in [2.45, 2.75) is 31.2 Å². The molecule has 0 saturated carbocycles. The van der Waals surface area contributed by atoms with Crippen LogP contribution in [0.5, 0.6) is 5.75 Å². The van der Waals surface area contributed by atoms with E-state index in [0.717, 1.165) is 22.4 Å². The van der Waals surface area contributed by atoms with Crippen molar-refractivity contribution in [1.82, 2.24) is 4.90 Å². The molecule has 0 unspecified atom stereocenters. The van der Waals surface area contributed by atoms with Gasteiger partial charge in [-0.1, -0.05) is 72.8 Å². The third-order valence-corrected chi connectivity index (χ3v) is 6.02. The third-order valence-electron chi connectivity index (χ3n) is 6.02. The maximum absolute atomic E-state index is 14.1. The van der Waals surface area contributed by atoms with Gasteiger partial charge in [-0.2, -0.15) is 0 Å². The molecule has 0 fully saturated rings. The van der Waals surface area contributed by atoms with Gasteiger partial charge in [-0.15, -0.1) is 0 Å². The van der Waals surface area contributed by atoms with E-state index in [1.807, 2.05) is 60.7 Å². The van der Waals surface area contributed by atoms with E-state index in [1.54, 1.807) is 7.11 Å². The van der Waals surface area contributed by atoms with Crippen LogP contribution in [-0.4, -0.2) is 37.9 Å². The third kappa shape index (κ3) is 4.63. The van der Waals surface area contributed by atoms with Crippen LogP contribution < -0.4 is 4.74 Å². The molecule has 156 valence electrons. The molecule has 0 amide bonds. The summed E-state index contributed by atoms with van der Waals surface area (Å²) < 4.78 is 5.27. The zero-order valence-electron chi connectivity index (χ0n) is 18.3. The van der Waals surface area contributed by atoms with E-state index in [0.29, 0.717) is 12.8 Å². The smallest absolute Gasteiger partial charge is 0.152 e. The van der Waals surface area contributed by atoms with E-state index in [9.17, 15) is 4.79 Å². The van der Waals surface area contributed by atoms with Crippen LogP contribution in [-0.2, 0) is 16.6 Å². The standard InChI is InChI=1S/C27H31NO2/c1-21(28(2)3)20-27(23-11-7-5-8-12-23,24-13-9-6-10-14-24)26(29)19-22-15-17-25(30-4)18-16-22/h5-18,21H,19-20H2,1-4H3/t21-/m1/s1. The minimum atomic E-state index is -0.716. The number of ketones is 1. The molecule has 3 aromatic rings. The SMILES string of the molecule is COc1ccc(CC(=O)C(C[C@@H](C)N(C)C)(c2ccccc2)c2ccccc2)cc1. The summed E-state index contributed by atoms with van der Waals surface area (Å²) in [6.45, 7) is 2.18. The Balaban J connectivity index is 2.11. The van der Waals surface area contributed by atoms with Crippen molar-refractivity contribution in [3.05, 3.63) is 102 Å². The van der Waals surface area contributed by atoms with E-state index in [2.05, 4.69) is 50.2 Å². The molecule has 0 radical (unpaired) electrons. The van der Waals surface area contributed by atoms with Crippen LogP contribution in [0.15, 0.2) is 84.9 Å². The van der Waals surface area contributed by atoms with Crippen molar-refractivity contribution >= 4 is 5.78 Å². The van der Waals surface area contributed by atoms with Gasteiger partial charge in [0.2, 0.25) is 0 Å². The molecule has 3 aromatic carbocycles. The van der Waals surface area contributed by atoms with Crippen molar-refractivity contribution in [3.8, 4) is 5.75 Å². The Labute approximate surface area is 180 Å². The van der Waals surface area contributed by atoms with Crippen LogP contribution in [0.4, 0.5) is 0 Å². The molecule has 0 N–H and O–H groups in total. The highest BCUT2D eigenvalue weighted by Gasteiger charge is 2.42. The highest BCUT2D eigenvalue weighted by molar-refractivity contribution is 5.95. The van der Waals surface area contributed by atoms with Gasteiger partial charge < -0.3 is 9.64 Å². The molecule has 0 bridgehead atoms. The molecule has 0 aliphatic heterocycles. The van der Waals surface area contributed by atoms with E-state index in [4.69, 9.17) is 4.74 Å². The minimum Gasteiger partial charge on any atom is -0.497 e. The first-order valence-corrected chi connectivity index (χ1v) is 10.4. The van der Waals surface area contributed by atoms with Crippen molar-refractivity contribution in [1.29, 1.82) is 0 Å². The van der Waals surface area contributed by atoms with Gasteiger partial charge in [-0.3, -0.25) is 4.79 Å². The predicted octanol–water partition coefficient (Wildman–Crippen LogP) is 5.13. The fourth-order valence-corrected chi connectivity index (χ4v) is 3.99. The van der Waals surface area contributed by atoms with Crippen molar-refractivity contribution in [3.63, 3.8) is 0 Å². The van der Waals surface area contributed by atoms with Crippen molar-refractivity contribution in [2.24, 2.45) is 0 Å². The summed E-state index contributed by atoms with van der Waals surface area (Å²) in [4.78, 5) is 16.3. The highest BCUT2D eigenvalue weighted by atomic mass is 16.5. The molecule has 30 heavy (non-hydrogen) atoms. The first kappa shape index (κ1) is 21.8. The number of methoxy groups -OCH3 is 1. The van der Waals surface area contributed by atoms with Gasteiger partial charge in [0, 0.05) is 12.5 Å². The van der Waals surface area contributed by atoms with Gasteiger partial charge in [0.1, 0.15) is 5.75 Å². The maximum Gasteiger partial charge on any atom is 0.152 e. The van der Waals surface area contributed by atoms with Gasteiger partial charge in [-0.25, -0.2) is 0 Å². The summed E-state index contributed by atoms with van der Waals surface area (Å²) >= 11 is 0. The van der Waals surface area contributed by atoms with Crippen LogP contribution >= 0.6 is 0 Å². The number of hydrogen-bond acceptors (Lipinski definition) is 3. The van der Waals surface area contributed by atoms with Crippen molar-refractivity contribution < 1.29 is 9.53 Å². The van der Waals surface area contributed by atoms with Gasteiger partial charge in [0.05, 0.1) is 12.5 Å². The lowest BCUT2D eigenvalue weighted by atomic mass is 9.66. The second-order valence-electron chi connectivity index (χ2n) is 8.10. The van der Waals surface area contributed by atoms with Crippen LogP contribution in [0.2, 0.25) is 0 Å². The van der Waals surface area contributed by atoms with Crippen LogP contribution in [0.25, 0.3) is 0 Å². The molecule has 3 rings (SSSR count). The number of rotatable bonds is 9. The monoisotopic (exact) mass is 401 g/mol. The molecule has 0 aromatic heterocycles. The second kappa shape index (κ2) is 9.73. The molecular formula is C27H31NO2. The number of ether oxygens (including phenoxy) is 1. The lowest BCUT2D eigenvalue weighted by Crippen LogP contribution is -2.44. The Morgan fingerprint density at radius 2 is 1.37 bits per heavy atom. The Hall–Kier alpha value is -2.91. The molecule has 0 aliphatic carbocycles. The lowest BCUT2D eigenvalue weighted by molar-refractivity contribution is -0.123. The topological polar surface area (TPSA) is 29.5 Å². The highest BCUT2D eigenvalue weighted by Crippen LogP contribution is 2.39. The normalized spacial score (nSPS) is 12.6. The average Bonchev–Trinajstić information content (AvgIpc) is 2.78. The summed E-state index contributed by atoms with van der Waals surface area (Å²) in [6.07, 6.45) is 1.08. The number of nitrogens with zero attached hydrogens (tertiary/aromatic N) is 1. The molecule has 0 spiro atoms. The molecular weight excluding hydrogens is 370 g/mol. The molecule has 3 nitrogen and oxygen atoms in total. The predicted molar refractivity (Wildman–Crippen MR) is 123 cm³/mol. The largest absolute Gasteiger partial charge is 0.497 e. The van der Waals surface area contributed by atoms with Crippen LogP contribution in [0.3, 0.4) is 0 Å². The first-order valence-electron chi connectivity index (χ1n) is 10.4. The number of carbonyl (C=O) groups is 1. The van der Waals surface area contributed by atoms with E-state index >= 15 is 0 Å². The quantitative estimate of drug-likeness (QED) is 0.498. The van der Waals surface area contributed by atoms with Gasteiger partial charge in [0.15, 0.2) is 5.78 Å². The Kier molecular flexibility index (Phi) is 7.07. The van der Waals surface area contributed by atoms with Crippen LogP contribution in [0, 0.1) is 0 Å². The number of Topliss-reactive ketones (excluding diaryl/α,β-unsaturated/α-hetero) is 1. The lowest BCUT2D eigenvalue weighted by Gasteiger charge is -2.38. The second-order valence-corrected chi connectivity index (χ2v) is 8.10. The summed E-state index contributed by atoms with van der Waals surface area (Å²) in [5, 5.41) is 0. The molecule has 3 heteroatoms. The van der Waals surface area contributed by atoms with Gasteiger partial charge in [0.25, 0.3) is 0 Å². The fourth-order valence-electron chi connectivity index (χ4n) is 3.99. The first-order chi connectivity index (χ1) is 14.5. The fraction of sp³-hybridized carbons (Fsp3) is 0.296. The molecule has 0 aliphatic rings. The van der Waals surface area contributed by atoms with Gasteiger partial charge in [-0.05, 0) is 56.3 Å².